The molecule has 0 saturated carbocycles. The van der Waals surface area contributed by atoms with Crippen molar-refractivity contribution < 1.29 is 9.90 Å². The van der Waals surface area contributed by atoms with Gasteiger partial charge in [0.15, 0.2) is 0 Å². The Kier molecular flexibility index (Phi) is 7.31. The largest absolute Gasteiger partial charge is 0.480 e. The lowest BCUT2D eigenvalue weighted by Gasteiger charge is -2.03. The van der Waals surface area contributed by atoms with E-state index < -0.39 is 12.0 Å². The van der Waals surface area contributed by atoms with E-state index in [0.717, 1.165) is 57.7 Å². The zero-order valence-corrected chi connectivity index (χ0v) is 18.7. The molecule has 7 N–H and O–H groups in total. The summed E-state index contributed by atoms with van der Waals surface area (Å²) in [6.45, 7) is 0.604. The summed E-state index contributed by atoms with van der Waals surface area (Å²) >= 11 is 0. The van der Waals surface area contributed by atoms with E-state index in [9.17, 15) is 4.79 Å². The average molecular weight is 457 g/mol. The number of aromatic amines is 2. The number of nitrogens with one attached hydrogen (secondary N) is 2. The van der Waals surface area contributed by atoms with Crippen LogP contribution in [-0.4, -0.2) is 43.6 Å². The number of nitrogens with zero attached hydrogens (tertiary/aromatic N) is 2. The summed E-state index contributed by atoms with van der Waals surface area (Å²) in [5.74, 6) is -0.933. The lowest BCUT2D eigenvalue weighted by molar-refractivity contribution is -0.138. The third-order valence-corrected chi connectivity index (χ3v) is 5.33. The highest BCUT2D eigenvalue weighted by molar-refractivity contribution is 5.77. The minimum Gasteiger partial charge on any atom is -0.480 e. The number of carboxylic acids is 1. The molecule has 1 atom stereocenters. The lowest BCUT2D eigenvalue weighted by atomic mass is 10.1. The van der Waals surface area contributed by atoms with Crippen LogP contribution in [0.1, 0.15) is 42.0 Å². The average Bonchev–Trinajstić information content (AvgIpc) is 3.60. The number of unbranched alkanes of at least 4 members (excludes halogenated alkanes) is 1. The SMILES string of the molecule is C1=Cc2cc3ccc(cc4nc(cc5ccc(cc1n2)[nH]5)C=C4)[nH]3.NCCCC[C@H](N)C(=O)O. The molecule has 0 aromatic carbocycles. The summed E-state index contributed by atoms with van der Waals surface area (Å²) in [6, 6.07) is 15.6. The zero-order chi connectivity index (χ0) is 23.9. The zero-order valence-electron chi connectivity index (χ0n) is 18.7. The van der Waals surface area contributed by atoms with Gasteiger partial charge in [0, 0.05) is 22.1 Å². The van der Waals surface area contributed by atoms with Crippen LogP contribution in [0.3, 0.4) is 0 Å². The van der Waals surface area contributed by atoms with E-state index in [1.165, 1.54) is 0 Å². The van der Waals surface area contributed by atoms with Crippen LogP contribution >= 0.6 is 0 Å². The highest BCUT2D eigenvalue weighted by Crippen LogP contribution is 2.16. The molecular formula is C26H28N6O2. The van der Waals surface area contributed by atoms with Crippen molar-refractivity contribution in [1.82, 2.24) is 19.9 Å². The van der Waals surface area contributed by atoms with Crippen molar-refractivity contribution in [3.8, 4) is 0 Å². The van der Waals surface area contributed by atoms with Crippen molar-refractivity contribution in [3.05, 3.63) is 71.3 Å². The molecule has 2 aliphatic heterocycles. The monoisotopic (exact) mass is 456 g/mol. The molecule has 0 aliphatic carbocycles. The summed E-state index contributed by atoms with van der Waals surface area (Å²) in [7, 11) is 0. The fourth-order valence-corrected chi connectivity index (χ4v) is 3.58. The van der Waals surface area contributed by atoms with Gasteiger partial charge in [0.2, 0.25) is 0 Å². The van der Waals surface area contributed by atoms with Gasteiger partial charge in [0.25, 0.3) is 0 Å². The predicted molar refractivity (Wildman–Crippen MR) is 137 cm³/mol. The van der Waals surface area contributed by atoms with E-state index >= 15 is 0 Å². The van der Waals surface area contributed by atoms with Crippen molar-refractivity contribution >= 4 is 52.3 Å². The van der Waals surface area contributed by atoms with Gasteiger partial charge in [0.05, 0.1) is 22.8 Å². The second-order valence-electron chi connectivity index (χ2n) is 8.13. The first kappa shape index (κ1) is 23.2. The van der Waals surface area contributed by atoms with Crippen LogP contribution in [0.2, 0.25) is 0 Å². The molecule has 34 heavy (non-hydrogen) atoms. The highest BCUT2D eigenvalue weighted by Gasteiger charge is 2.09. The number of hydrogen-bond donors (Lipinski definition) is 5. The van der Waals surface area contributed by atoms with E-state index in [-0.39, 0.29) is 0 Å². The Hall–Kier alpha value is -4.01. The van der Waals surface area contributed by atoms with Crippen LogP contribution in [0.5, 0.6) is 0 Å². The molecule has 2 aliphatic rings. The van der Waals surface area contributed by atoms with Gasteiger partial charge in [-0.2, -0.15) is 0 Å². The van der Waals surface area contributed by atoms with Crippen molar-refractivity contribution in [2.24, 2.45) is 11.5 Å². The van der Waals surface area contributed by atoms with Crippen LogP contribution in [0.15, 0.2) is 48.5 Å². The van der Waals surface area contributed by atoms with E-state index in [2.05, 4.69) is 44.2 Å². The molecule has 0 radical (unpaired) electrons. The van der Waals surface area contributed by atoms with Gasteiger partial charge in [-0.25, -0.2) is 9.97 Å². The minimum atomic E-state index is -0.933. The van der Waals surface area contributed by atoms with Gasteiger partial charge in [-0.05, 0) is 92.2 Å². The van der Waals surface area contributed by atoms with E-state index in [0.29, 0.717) is 13.0 Å². The van der Waals surface area contributed by atoms with Crippen LogP contribution in [0.25, 0.3) is 46.4 Å². The van der Waals surface area contributed by atoms with Crippen molar-refractivity contribution in [3.63, 3.8) is 0 Å². The first-order valence-electron chi connectivity index (χ1n) is 11.2. The third-order valence-electron chi connectivity index (χ3n) is 5.33. The fraction of sp³-hybridized carbons (Fsp3) is 0.192. The predicted octanol–water partition coefficient (Wildman–Crippen LogP) is 4.18. The normalized spacial score (nSPS) is 12.8. The number of carbonyl (C=O) groups is 1. The van der Waals surface area contributed by atoms with Crippen LogP contribution in [0, 0.1) is 0 Å². The number of aromatic nitrogens is 4. The Morgan fingerprint density at radius 1 is 0.765 bits per heavy atom. The maximum absolute atomic E-state index is 10.1. The molecule has 174 valence electrons. The van der Waals surface area contributed by atoms with Crippen molar-refractivity contribution in [2.75, 3.05) is 6.54 Å². The molecule has 0 saturated heterocycles. The van der Waals surface area contributed by atoms with Gasteiger partial charge in [-0.15, -0.1) is 0 Å². The number of hydrogen-bond acceptors (Lipinski definition) is 5. The quantitative estimate of drug-likeness (QED) is 0.251. The standard InChI is InChI=1S/C20H14N4.C6H14N2O2/c1-2-14-10-16-5-6-18(23-16)12-20-8-7-19(24-20)11-17-4-3-15(22-17)9-13(1)21-14;7-4-2-1-3-5(8)6(9)10/h1-12,21,24H;5H,1-4,7-8H2,(H,9,10)/t;5-/m.0/s1. The minimum absolute atomic E-state index is 0.520. The summed E-state index contributed by atoms with van der Waals surface area (Å²) < 4.78 is 0. The Labute approximate surface area is 197 Å². The van der Waals surface area contributed by atoms with Crippen molar-refractivity contribution in [1.29, 1.82) is 0 Å². The number of carboxylic acid groups (broad SMARTS) is 1. The van der Waals surface area contributed by atoms with Gasteiger partial charge >= 0.3 is 5.97 Å². The number of fused-ring (bicyclic) bond motifs is 8. The number of H-pyrrole nitrogens is 2. The molecule has 3 aromatic heterocycles. The first-order chi connectivity index (χ1) is 16.5. The Balaban J connectivity index is 0.000000235. The summed E-state index contributed by atoms with van der Waals surface area (Å²) in [6.07, 6.45) is 10.3. The van der Waals surface area contributed by atoms with Crippen molar-refractivity contribution in [2.45, 2.75) is 25.3 Å². The molecule has 8 heteroatoms. The Bertz CT molecular complexity index is 1210. The van der Waals surface area contributed by atoms with Crippen LogP contribution in [-0.2, 0) is 4.79 Å². The molecule has 5 heterocycles. The molecule has 5 rings (SSSR count). The Morgan fingerprint density at radius 3 is 1.47 bits per heavy atom. The molecular weight excluding hydrogens is 428 g/mol. The highest BCUT2D eigenvalue weighted by atomic mass is 16.4. The van der Waals surface area contributed by atoms with E-state index in [4.69, 9.17) is 16.6 Å². The molecule has 0 spiro atoms. The summed E-state index contributed by atoms with van der Waals surface area (Å²) in [5, 5.41) is 8.33. The van der Waals surface area contributed by atoms with Gasteiger partial charge in [-0.1, -0.05) is 6.42 Å². The van der Waals surface area contributed by atoms with Gasteiger partial charge < -0.3 is 26.5 Å². The molecule has 0 amide bonds. The molecule has 8 bridgehead atoms. The maximum Gasteiger partial charge on any atom is 0.320 e. The number of rotatable bonds is 5. The molecule has 3 aromatic rings. The smallest absolute Gasteiger partial charge is 0.320 e. The Morgan fingerprint density at radius 2 is 1.15 bits per heavy atom. The molecule has 0 unspecified atom stereocenters. The lowest BCUT2D eigenvalue weighted by Crippen LogP contribution is -2.29. The first-order valence-corrected chi connectivity index (χ1v) is 11.2. The number of aliphatic carboxylic acids is 1. The maximum atomic E-state index is 10.1. The van der Waals surface area contributed by atoms with Gasteiger partial charge in [0.1, 0.15) is 6.04 Å². The van der Waals surface area contributed by atoms with Gasteiger partial charge in [-0.3, -0.25) is 4.79 Å². The van der Waals surface area contributed by atoms with Crippen LogP contribution < -0.4 is 11.5 Å². The summed E-state index contributed by atoms with van der Waals surface area (Å²) in [4.78, 5) is 26.2. The van der Waals surface area contributed by atoms with E-state index in [1.807, 2.05) is 48.6 Å². The van der Waals surface area contributed by atoms with Crippen LogP contribution in [0.4, 0.5) is 0 Å². The number of nitrogens with two attached hydrogens (primary N) is 2. The van der Waals surface area contributed by atoms with E-state index in [1.54, 1.807) is 0 Å². The fourth-order valence-electron chi connectivity index (χ4n) is 3.58. The topological polar surface area (TPSA) is 147 Å². The summed E-state index contributed by atoms with van der Waals surface area (Å²) in [5.41, 5.74) is 18.3. The second kappa shape index (κ2) is 10.7. The molecule has 8 nitrogen and oxygen atoms in total. The molecule has 0 fully saturated rings. The third kappa shape index (κ3) is 6.28. The second-order valence-corrected chi connectivity index (χ2v) is 8.13.